The summed E-state index contributed by atoms with van der Waals surface area (Å²) in [5.74, 6) is 0. The van der Waals surface area contributed by atoms with E-state index in [-0.39, 0.29) is 4.90 Å². The van der Waals surface area contributed by atoms with Gasteiger partial charge in [0.25, 0.3) is 0 Å². The lowest BCUT2D eigenvalue weighted by molar-refractivity contribution is -0.927. The Morgan fingerprint density at radius 3 is 1.75 bits per heavy atom. The minimum absolute atomic E-state index is 0.178. The summed E-state index contributed by atoms with van der Waals surface area (Å²) >= 11 is 0. The molecule has 0 radical (unpaired) electrons. The standard InChI is InChI=1S/C15H34NO.C7H8O3S/c1-4-6-8-9-10-12-14-16(3,15-17)13-11-7-5-2;1-6-2-4-7(5-3-6)11(8,9)10/h17H,4-15H2,1-3H3;2-5H,1H3,(H,8,9,10)/q+1;/p-1. The van der Waals surface area contributed by atoms with Gasteiger partial charge < -0.3 is 14.1 Å². The predicted molar refractivity (Wildman–Crippen MR) is 115 cm³/mol. The highest BCUT2D eigenvalue weighted by Crippen LogP contribution is 2.11. The van der Waals surface area contributed by atoms with Gasteiger partial charge in [0.2, 0.25) is 0 Å². The number of hydrogen-bond donors (Lipinski definition) is 1. The molecule has 0 aromatic heterocycles. The van der Waals surface area contributed by atoms with Gasteiger partial charge in [-0.2, -0.15) is 0 Å². The molecule has 1 unspecified atom stereocenters. The number of aryl methyl sites for hydroxylation is 1. The van der Waals surface area contributed by atoms with Gasteiger partial charge in [-0.15, -0.1) is 0 Å². The van der Waals surface area contributed by atoms with Crippen molar-refractivity contribution >= 4 is 10.1 Å². The van der Waals surface area contributed by atoms with E-state index in [0.29, 0.717) is 6.73 Å². The monoisotopic (exact) mass is 415 g/mol. The fourth-order valence-electron chi connectivity index (χ4n) is 2.98. The average Bonchev–Trinajstić information content (AvgIpc) is 2.65. The van der Waals surface area contributed by atoms with Crippen LogP contribution in [0.5, 0.6) is 0 Å². The number of aliphatic hydroxyl groups excluding tert-OH is 1. The van der Waals surface area contributed by atoms with E-state index < -0.39 is 10.1 Å². The summed E-state index contributed by atoms with van der Waals surface area (Å²) in [6, 6.07) is 5.78. The normalized spacial score (nSPS) is 13.5. The Bertz CT molecular complexity index is 601. The number of benzene rings is 1. The molecular formula is C22H41NO4S. The van der Waals surface area contributed by atoms with E-state index in [1.54, 1.807) is 12.1 Å². The summed E-state index contributed by atoms with van der Waals surface area (Å²) in [6.45, 7) is 8.90. The van der Waals surface area contributed by atoms with E-state index in [0.717, 1.165) is 23.1 Å². The Kier molecular flexibility index (Phi) is 14.5. The molecule has 1 aromatic carbocycles. The first kappa shape index (κ1) is 27.0. The summed E-state index contributed by atoms with van der Waals surface area (Å²) < 4.78 is 32.0. The summed E-state index contributed by atoms with van der Waals surface area (Å²) in [4.78, 5) is -0.178. The quantitative estimate of drug-likeness (QED) is 0.217. The minimum Gasteiger partial charge on any atom is -0.744 e. The fourth-order valence-corrected chi connectivity index (χ4v) is 3.44. The van der Waals surface area contributed by atoms with Crippen molar-refractivity contribution in [1.29, 1.82) is 0 Å². The lowest BCUT2D eigenvalue weighted by Gasteiger charge is -2.32. The first-order chi connectivity index (χ1) is 13.2. The maximum Gasteiger partial charge on any atom is 0.180 e. The Morgan fingerprint density at radius 1 is 0.857 bits per heavy atom. The second-order valence-corrected chi connectivity index (χ2v) is 9.33. The van der Waals surface area contributed by atoms with Gasteiger partial charge in [-0.05, 0) is 44.7 Å². The SMILES string of the molecule is CCCCCCCC[N+](C)(CO)CCCCC.Cc1ccc(S(=O)(=O)[O-])cc1. The number of nitrogens with zero attached hydrogens (tertiary/aromatic N) is 1. The minimum atomic E-state index is -4.27. The molecule has 0 bridgehead atoms. The van der Waals surface area contributed by atoms with Crippen LogP contribution in [0.2, 0.25) is 0 Å². The van der Waals surface area contributed by atoms with E-state index >= 15 is 0 Å². The molecule has 6 heteroatoms. The molecule has 0 saturated heterocycles. The molecule has 0 aliphatic heterocycles. The maximum atomic E-state index is 10.4. The molecule has 1 aromatic rings. The van der Waals surface area contributed by atoms with Crippen LogP contribution in [-0.2, 0) is 10.1 Å². The summed E-state index contributed by atoms with van der Waals surface area (Å²) in [5.41, 5.74) is 0.928. The van der Waals surface area contributed by atoms with Gasteiger partial charge in [-0.1, -0.05) is 63.6 Å². The van der Waals surface area contributed by atoms with Crippen LogP contribution in [0, 0.1) is 6.92 Å². The van der Waals surface area contributed by atoms with Crippen molar-refractivity contribution in [3.63, 3.8) is 0 Å². The topological polar surface area (TPSA) is 77.4 Å². The van der Waals surface area contributed by atoms with Crippen LogP contribution in [0.4, 0.5) is 0 Å². The number of rotatable bonds is 13. The van der Waals surface area contributed by atoms with Crippen molar-refractivity contribution in [2.75, 3.05) is 26.9 Å². The molecule has 0 heterocycles. The number of unbranched alkanes of at least 4 members (excludes halogenated alkanes) is 7. The molecule has 0 fully saturated rings. The van der Waals surface area contributed by atoms with Crippen LogP contribution in [0.15, 0.2) is 29.2 Å². The first-order valence-corrected chi connectivity index (χ1v) is 12.1. The second-order valence-electron chi connectivity index (χ2n) is 7.95. The summed E-state index contributed by atoms with van der Waals surface area (Å²) in [5, 5.41) is 9.50. The highest BCUT2D eigenvalue weighted by atomic mass is 32.2. The fraction of sp³-hybridized carbons (Fsp3) is 0.727. The Balaban J connectivity index is 0.000000567. The van der Waals surface area contributed by atoms with Crippen molar-refractivity contribution in [2.45, 2.75) is 83.5 Å². The van der Waals surface area contributed by atoms with Gasteiger partial charge in [0.1, 0.15) is 10.1 Å². The molecule has 1 N–H and O–H groups in total. The molecule has 0 amide bonds. The smallest absolute Gasteiger partial charge is 0.180 e. The molecule has 0 spiro atoms. The molecule has 5 nitrogen and oxygen atoms in total. The molecule has 0 aliphatic rings. The second kappa shape index (κ2) is 15.0. The Labute approximate surface area is 173 Å². The van der Waals surface area contributed by atoms with Gasteiger partial charge in [0, 0.05) is 0 Å². The average molecular weight is 416 g/mol. The van der Waals surface area contributed by atoms with Gasteiger partial charge >= 0.3 is 0 Å². The zero-order valence-corrected chi connectivity index (χ0v) is 19.1. The Hall–Kier alpha value is -0.950. The van der Waals surface area contributed by atoms with Crippen LogP contribution < -0.4 is 0 Å². The molecule has 0 aliphatic carbocycles. The van der Waals surface area contributed by atoms with E-state index in [4.69, 9.17) is 0 Å². The zero-order chi connectivity index (χ0) is 21.5. The largest absolute Gasteiger partial charge is 0.744 e. The van der Waals surface area contributed by atoms with Crippen LogP contribution in [0.3, 0.4) is 0 Å². The van der Waals surface area contributed by atoms with Gasteiger partial charge in [-0.3, -0.25) is 0 Å². The molecule has 1 atom stereocenters. The molecular weight excluding hydrogens is 374 g/mol. The van der Waals surface area contributed by atoms with Gasteiger partial charge in [-0.25, -0.2) is 8.42 Å². The predicted octanol–water partition coefficient (Wildman–Crippen LogP) is 4.83. The van der Waals surface area contributed by atoms with Crippen LogP contribution in [0.1, 0.15) is 77.2 Å². The molecule has 28 heavy (non-hydrogen) atoms. The lowest BCUT2D eigenvalue weighted by atomic mass is 10.1. The number of hydrogen-bond acceptors (Lipinski definition) is 4. The van der Waals surface area contributed by atoms with Crippen molar-refractivity contribution in [2.24, 2.45) is 0 Å². The number of quaternary nitrogens is 1. The summed E-state index contributed by atoms with van der Waals surface area (Å²) in [6.07, 6.45) is 11.9. The van der Waals surface area contributed by atoms with Crippen LogP contribution in [0.25, 0.3) is 0 Å². The van der Waals surface area contributed by atoms with E-state index in [9.17, 15) is 18.1 Å². The van der Waals surface area contributed by atoms with Crippen molar-refractivity contribution in [3.8, 4) is 0 Å². The van der Waals surface area contributed by atoms with E-state index in [1.807, 2.05) is 6.92 Å². The molecule has 0 saturated carbocycles. The highest BCUT2D eigenvalue weighted by molar-refractivity contribution is 7.85. The third kappa shape index (κ3) is 13.3. The van der Waals surface area contributed by atoms with E-state index in [1.165, 1.54) is 69.9 Å². The van der Waals surface area contributed by atoms with Gasteiger partial charge in [0.05, 0.1) is 25.0 Å². The first-order valence-electron chi connectivity index (χ1n) is 10.7. The third-order valence-electron chi connectivity index (χ3n) is 5.00. The maximum absolute atomic E-state index is 10.4. The Morgan fingerprint density at radius 2 is 1.29 bits per heavy atom. The van der Waals surface area contributed by atoms with Crippen LogP contribution >= 0.6 is 0 Å². The zero-order valence-electron chi connectivity index (χ0n) is 18.3. The number of aliphatic hydroxyl groups is 1. The highest BCUT2D eigenvalue weighted by Gasteiger charge is 2.18. The van der Waals surface area contributed by atoms with Gasteiger partial charge in [0.15, 0.2) is 6.73 Å². The van der Waals surface area contributed by atoms with Crippen LogP contribution in [-0.4, -0.2) is 49.4 Å². The molecule has 1 rings (SSSR count). The van der Waals surface area contributed by atoms with Crippen molar-refractivity contribution in [1.82, 2.24) is 0 Å². The summed E-state index contributed by atoms with van der Waals surface area (Å²) in [7, 11) is -2.07. The van der Waals surface area contributed by atoms with E-state index in [2.05, 4.69) is 20.9 Å². The lowest BCUT2D eigenvalue weighted by Crippen LogP contribution is -2.46. The third-order valence-corrected chi connectivity index (χ3v) is 5.85. The van der Waals surface area contributed by atoms with Crippen molar-refractivity contribution in [3.05, 3.63) is 29.8 Å². The molecule has 164 valence electrons. The van der Waals surface area contributed by atoms with Crippen molar-refractivity contribution < 1.29 is 22.6 Å².